The summed E-state index contributed by atoms with van der Waals surface area (Å²) in [7, 11) is 0. The van der Waals surface area contributed by atoms with Gasteiger partial charge in [-0.05, 0) is 56.3 Å². The van der Waals surface area contributed by atoms with Crippen LogP contribution in [0.5, 0.6) is 0 Å². The molecule has 0 spiro atoms. The van der Waals surface area contributed by atoms with E-state index in [4.69, 9.17) is 4.74 Å². The van der Waals surface area contributed by atoms with Crippen molar-refractivity contribution in [1.29, 1.82) is 0 Å². The molecule has 0 radical (unpaired) electrons. The molecule has 0 aromatic rings. The van der Waals surface area contributed by atoms with Gasteiger partial charge >= 0.3 is 0 Å². The summed E-state index contributed by atoms with van der Waals surface area (Å²) in [5, 5.41) is 0. The van der Waals surface area contributed by atoms with Crippen LogP contribution in [-0.4, -0.2) is 18.5 Å². The molecule has 2 nitrogen and oxygen atoms in total. The topological polar surface area (TPSA) is 26.3 Å². The third kappa shape index (κ3) is 2.73. The molecule has 3 fully saturated rings. The highest BCUT2D eigenvalue weighted by Crippen LogP contribution is 2.49. The Labute approximate surface area is 104 Å². The van der Waals surface area contributed by atoms with Crippen LogP contribution in [0.4, 0.5) is 0 Å². The van der Waals surface area contributed by atoms with Crippen molar-refractivity contribution in [2.75, 3.05) is 6.61 Å². The normalized spacial score (nSPS) is 40.7. The number of carbonyl (C=O) groups is 1. The first kappa shape index (κ1) is 11.7. The van der Waals surface area contributed by atoms with Crippen molar-refractivity contribution in [3.05, 3.63) is 0 Å². The lowest BCUT2D eigenvalue weighted by atomic mass is 9.84. The Bertz CT molecular complexity index is 281. The van der Waals surface area contributed by atoms with E-state index in [9.17, 15) is 4.79 Å². The Kier molecular flexibility index (Phi) is 3.51. The Morgan fingerprint density at radius 1 is 1.06 bits per heavy atom. The highest BCUT2D eigenvalue weighted by Gasteiger charge is 2.40. The smallest absolute Gasteiger partial charge is 0.135 e. The van der Waals surface area contributed by atoms with Crippen molar-refractivity contribution in [1.82, 2.24) is 0 Å². The number of rotatable bonds is 4. The van der Waals surface area contributed by atoms with Crippen LogP contribution in [0.2, 0.25) is 0 Å². The summed E-state index contributed by atoms with van der Waals surface area (Å²) in [5.41, 5.74) is 0. The standard InChI is InChI=1S/C15H24O2/c16-14(10-15-3-1-2-6-17-15)9-13-8-11-4-5-12(13)7-11/h11-13,15H,1-10H2. The molecule has 0 amide bonds. The van der Waals surface area contributed by atoms with Crippen LogP contribution in [0.15, 0.2) is 0 Å². The molecular weight excluding hydrogens is 212 g/mol. The lowest BCUT2D eigenvalue weighted by molar-refractivity contribution is -0.124. The minimum absolute atomic E-state index is 0.245. The van der Waals surface area contributed by atoms with E-state index in [2.05, 4.69) is 0 Å². The third-order valence-electron chi connectivity index (χ3n) is 5.10. The van der Waals surface area contributed by atoms with Gasteiger partial charge in [-0.2, -0.15) is 0 Å². The zero-order chi connectivity index (χ0) is 11.7. The Morgan fingerprint density at radius 2 is 2.00 bits per heavy atom. The van der Waals surface area contributed by atoms with Crippen molar-refractivity contribution in [3.63, 3.8) is 0 Å². The lowest BCUT2D eigenvalue weighted by Crippen LogP contribution is -2.24. The summed E-state index contributed by atoms with van der Waals surface area (Å²) in [4.78, 5) is 12.1. The number of ketones is 1. The molecule has 96 valence electrons. The fourth-order valence-corrected chi connectivity index (χ4v) is 4.22. The predicted molar refractivity (Wildman–Crippen MR) is 66.8 cm³/mol. The monoisotopic (exact) mass is 236 g/mol. The molecule has 3 aliphatic rings. The fraction of sp³-hybridized carbons (Fsp3) is 0.933. The summed E-state index contributed by atoms with van der Waals surface area (Å²) in [5.74, 6) is 3.04. The molecule has 17 heavy (non-hydrogen) atoms. The molecule has 1 heterocycles. The Morgan fingerprint density at radius 3 is 2.65 bits per heavy atom. The van der Waals surface area contributed by atoms with E-state index in [1.807, 2.05) is 0 Å². The van der Waals surface area contributed by atoms with Gasteiger partial charge in [0.25, 0.3) is 0 Å². The molecule has 0 aromatic carbocycles. The number of carbonyl (C=O) groups excluding carboxylic acids is 1. The molecular formula is C15H24O2. The van der Waals surface area contributed by atoms with E-state index in [0.717, 1.165) is 37.2 Å². The number of hydrogen-bond donors (Lipinski definition) is 0. The average molecular weight is 236 g/mol. The second-order valence-corrected chi connectivity index (χ2v) is 6.37. The maximum atomic E-state index is 12.1. The van der Waals surface area contributed by atoms with E-state index < -0.39 is 0 Å². The molecule has 2 heteroatoms. The summed E-state index contributed by atoms with van der Waals surface area (Å²) in [6.07, 6.45) is 10.9. The predicted octanol–water partition coefficient (Wildman–Crippen LogP) is 3.34. The van der Waals surface area contributed by atoms with Crippen molar-refractivity contribution in [3.8, 4) is 0 Å². The number of Topliss-reactive ketones (excluding diaryl/α,β-unsaturated/α-hetero) is 1. The second kappa shape index (κ2) is 5.09. The Hall–Kier alpha value is -0.370. The molecule has 4 unspecified atom stereocenters. The minimum atomic E-state index is 0.245. The molecule has 0 N–H and O–H groups in total. The van der Waals surface area contributed by atoms with Crippen molar-refractivity contribution in [2.24, 2.45) is 17.8 Å². The molecule has 1 aliphatic heterocycles. The molecule has 3 rings (SSSR count). The van der Waals surface area contributed by atoms with Crippen LogP contribution in [0.1, 0.15) is 57.8 Å². The summed E-state index contributed by atoms with van der Waals surface area (Å²) in [6.45, 7) is 0.867. The van der Waals surface area contributed by atoms with Gasteiger partial charge < -0.3 is 4.74 Å². The number of hydrogen-bond acceptors (Lipinski definition) is 2. The lowest BCUT2D eigenvalue weighted by Gasteiger charge is -2.24. The average Bonchev–Trinajstić information content (AvgIpc) is 2.92. The summed E-state index contributed by atoms with van der Waals surface area (Å²) >= 11 is 0. The molecule has 4 atom stereocenters. The van der Waals surface area contributed by atoms with E-state index >= 15 is 0 Å². The molecule has 0 aromatic heterocycles. The SMILES string of the molecule is O=C(CC1CCCCO1)CC1CC2CCC1C2. The number of ether oxygens (including phenoxy) is 1. The van der Waals surface area contributed by atoms with Gasteiger partial charge in [0, 0.05) is 19.4 Å². The first-order chi connectivity index (χ1) is 8.31. The first-order valence-corrected chi connectivity index (χ1v) is 7.44. The van der Waals surface area contributed by atoms with Crippen LogP contribution < -0.4 is 0 Å². The quantitative estimate of drug-likeness (QED) is 0.748. The zero-order valence-electron chi connectivity index (χ0n) is 10.7. The highest BCUT2D eigenvalue weighted by atomic mass is 16.5. The van der Waals surface area contributed by atoms with Gasteiger partial charge in [-0.1, -0.05) is 6.42 Å². The minimum Gasteiger partial charge on any atom is -0.378 e. The summed E-state index contributed by atoms with van der Waals surface area (Å²) in [6, 6.07) is 0. The molecule has 1 saturated heterocycles. The van der Waals surface area contributed by atoms with E-state index in [0.29, 0.717) is 12.2 Å². The molecule has 2 aliphatic carbocycles. The molecule has 2 saturated carbocycles. The van der Waals surface area contributed by atoms with Gasteiger partial charge in [0.2, 0.25) is 0 Å². The maximum absolute atomic E-state index is 12.1. The largest absolute Gasteiger partial charge is 0.378 e. The van der Waals surface area contributed by atoms with Gasteiger partial charge in [0.1, 0.15) is 5.78 Å². The van der Waals surface area contributed by atoms with E-state index in [-0.39, 0.29) is 6.10 Å². The summed E-state index contributed by atoms with van der Waals surface area (Å²) < 4.78 is 5.65. The van der Waals surface area contributed by atoms with Crippen LogP contribution in [-0.2, 0) is 9.53 Å². The van der Waals surface area contributed by atoms with E-state index in [1.54, 1.807) is 0 Å². The van der Waals surface area contributed by atoms with Crippen molar-refractivity contribution < 1.29 is 9.53 Å². The second-order valence-electron chi connectivity index (χ2n) is 6.37. The van der Waals surface area contributed by atoms with Gasteiger partial charge in [-0.25, -0.2) is 0 Å². The maximum Gasteiger partial charge on any atom is 0.135 e. The van der Waals surface area contributed by atoms with Crippen LogP contribution in [0.25, 0.3) is 0 Å². The van der Waals surface area contributed by atoms with Crippen molar-refractivity contribution in [2.45, 2.75) is 63.9 Å². The third-order valence-corrected chi connectivity index (χ3v) is 5.10. The van der Waals surface area contributed by atoms with Crippen LogP contribution in [0, 0.1) is 17.8 Å². The highest BCUT2D eigenvalue weighted by molar-refractivity contribution is 5.79. The van der Waals surface area contributed by atoms with Crippen LogP contribution >= 0.6 is 0 Å². The zero-order valence-corrected chi connectivity index (χ0v) is 10.7. The Balaban J connectivity index is 1.44. The first-order valence-electron chi connectivity index (χ1n) is 7.44. The van der Waals surface area contributed by atoms with Gasteiger partial charge in [-0.3, -0.25) is 4.79 Å². The molecule has 2 bridgehead atoms. The van der Waals surface area contributed by atoms with Gasteiger partial charge in [0.05, 0.1) is 6.10 Å². The fourth-order valence-electron chi connectivity index (χ4n) is 4.22. The van der Waals surface area contributed by atoms with Crippen molar-refractivity contribution >= 4 is 5.78 Å². The van der Waals surface area contributed by atoms with Gasteiger partial charge in [0.15, 0.2) is 0 Å². The van der Waals surface area contributed by atoms with Crippen LogP contribution in [0.3, 0.4) is 0 Å². The number of fused-ring (bicyclic) bond motifs is 2. The van der Waals surface area contributed by atoms with E-state index in [1.165, 1.54) is 38.5 Å². The van der Waals surface area contributed by atoms with Gasteiger partial charge in [-0.15, -0.1) is 0 Å².